The van der Waals surface area contributed by atoms with Crippen LogP contribution in [0.1, 0.15) is 41.0 Å². The third kappa shape index (κ3) is 4.26. The van der Waals surface area contributed by atoms with Crippen molar-refractivity contribution in [2.75, 3.05) is 18.5 Å². The van der Waals surface area contributed by atoms with Gasteiger partial charge in [0.1, 0.15) is 11.9 Å². The normalized spacial score (nSPS) is 18.6. The second-order valence-electron chi connectivity index (χ2n) is 6.15. The summed E-state index contributed by atoms with van der Waals surface area (Å²) in [6.07, 6.45) is 2.06. The Morgan fingerprint density at radius 1 is 1.48 bits per heavy atom. The van der Waals surface area contributed by atoms with E-state index in [4.69, 9.17) is 4.74 Å². The summed E-state index contributed by atoms with van der Waals surface area (Å²) in [5.74, 6) is 0.353. The van der Waals surface area contributed by atoms with Crippen LogP contribution in [0.5, 0.6) is 0 Å². The van der Waals surface area contributed by atoms with E-state index in [0.29, 0.717) is 17.3 Å². The highest BCUT2D eigenvalue weighted by atomic mass is 32.1. The van der Waals surface area contributed by atoms with Crippen molar-refractivity contribution in [3.05, 3.63) is 34.2 Å². The van der Waals surface area contributed by atoms with Crippen molar-refractivity contribution in [1.82, 2.24) is 15.1 Å². The fraction of sp³-hybridized carbons (Fsp3) is 0.471. The molecule has 2 atom stereocenters. The predicted octanol–water partition coefficient (Wildman–Crippen LogP) is 2.13. The van der Waals surface area contributed by atoms with Crippen LogP contribution >= 0.6 is 11.3 Å². The summed E-state index contributed by atoms with van der Waals surface area (Å²) in [6.45, 7) is 3.12. The first-order chi connectivity index (χ1) is 12.0. The number of amides is 2. The Hall–Kier alpha value is -2.19. The van der Waals surface area contributed by atoms with Crippen LogP contribution in [-0.2, 0) is 16.6 Å². The maximum atomic E-state index is 12.4. The standard InChI is InChI=1S/C17H22N4O3S/c1-11(18-17(23)14-6-4-8-25-14)16(22)19-15-9-13(20-21(15)2)12-5-3-7-24-10-12/h4,6,8-9,11-12H,3,5,7,10H2,1-2H3,(H,18,23)(H,19,22). The molecule has 3 heterocycles. The molecule has 2 unspecified atom stereocenters. The second-order valence-corrected chi connectivity index (χ2v) is 7.10. The van der Waals surface area contributed by atoms with Gasteiger partial charge >= 0.3 is 0 Å². The Balaban J connectivity index is 1.60. The number of carbonyl (C=O) groups is 2. The van der Waals surface area contributed by atoms with E-state index < -0.39 is 6.04 Å². The molecule has 2 N–H and O–H groups in total. The number of carbonyl (C=O) groups excluding carboxylic acids is 2. The average molecular weight is 362 g/mol. The summed E-state index contributed by atoms with van der Waals surface area (Å²) in [5, 5.41) is 11.8. The molecule has 3 rings (SSSR count). The highest BCUT2D eigenvalue weighted by Gasteiger charge is 2.22. The summed E-state index contributed by atoms with van der Waals surface area (Å²) >= 11 is 1.34. The molecule has 0 bridgehead atoms. The van der Waals surface area contributed by atoms with Gasteiger partial charge in [0.2, 0.25) is 5.91 Å². The number of nitrogens with one attached hydrogen (secondary N) is 2. The van der Waals surface area contributed by atoms with Crippen molar-refractivity contribution in [3.63, 3.8) is 0 Å². The number of hydrogen-bond donors (Lipinski definition) is 2. The number of hydrogen-bond acceptors (Lipinski definition) is 5. The van der Waals surface area contributed by atoms with E-state index in [9.17, 15) is 9.59 Å². The van der Waals surface area contributed by atoms with Crippen LogP contribution in [0, 0.1) is 0 Å². The van der Waals surface area contributed by atoms with Crippen LogP contribution in [0.15, 0.2) is 23.6 Å². The number of nitrogens with zero attached hydrogens (tertiary/aromatic N) is 2. The van der Waals surface area contributed by atoms with E-state index in [1.807, 2.05) is 11.4 Å². The smallest absolute Gasteiger partial charge is 0.261 e. The summed E-state index contributed by atoms with van der Waals surface area (Å²) in [5.41, 5.74) is 0.924. The van der Waals surface area contributed by atoms with E-state index in [-0.39, 0.29) is 17.7 Å². The number of aryl methyl sites for hydroxylation is 1. The Bertz CT molecular complexity index is 735. The maximum Gasteiger partial charge on any atom is 0.261 e. The number of aromatic nitrogens is 2. The van der Waals surface area contributed by atoms with Crippen molar-refractivity contribution >= 4 is 29.0 Å². The Morgan fingerprint density at radius 2 is 2.32 bits per heavy atom. The van der Waals surface area contributed by atoms with Crippen LogP contribution in [0.2, 0.25) is 0 Å². The molecule has 0 aromatic carbocycles. The van der Waals surface area contributed by atoms with Gasteiger partial charge in [-0.3, -0.25) is 14.3 Å². The molecule has 1 saturated heterocycles. The van der Waals surface area contributed by atoms with Crippen LogP contribution < -0.4 is 10.6 Å². The number of rotatable bonds is 5. The van der Waals surface area contributed by atoms with E-state index in [0.717, 1.165) is 25.1 Å². The first kappa shape index (κ1) is 17.6. The zero-order valence-corrected chi connectivity index (χ0v) is 15.1. The van der Waals surface area contributed by atoms with Gasteiger partial charge in [-0.15, -0.1) is 11.3 Å². The van der Waals surface area contributed by atoms with E-state index in [1.54, 1.807) is 30.8 Å². The van der Waals surface area contributed by atoms with Gasteiger partial charge in [0.05, 0.1) is 17.2 Å². The maximum absolute atomic E-state index is 12.4. The van der Waals surface area contributed by atoms with Gasteiger partial charge in [0.25, 0.3) is 5.91 Å². The molecule has 7 nitrogen and oxygen atoms in total. The summed E-state index contributed by atoms with van der Waals surface area (Å²) in [4.78, 5) is 25.0. The van der Waals surface area contributed by atoms with Crippen LogP contribution in [0.3, 0.4) is 0 Å². The zero-order valence-electron chi connectivity index (χ0n) is 14.3. The molecule has 134 valence electrons. The SMILES string of the molecule is CC(NC(=O)c1cccs1)C(=O)Nc1cc(C2CCCOC2)nn1C. The van der Waals surface area contributed by atoms with Crippen molar-refractivity contribution in [3.8, 4) is 0 Å². The lowest BCUT2D eigenvalue weighted by Crippen LogP contribution is -2.41. The molecule has 2 aromatic rings. The topological polar surface area (TPSA) is 85.2 Å². The van der Waals surface area contributed by atoms with Gasteiger partial charge in [-0.2, -0.15) is 5.10 Å². The van der Waals surface area contributed by atoms with Gasteiger partial charge in [-0.25, -0.2) is 0 Å². The summed E-state index contributed by atoms with van der Waals surface area (Å²) < 4.78 is 7.15. The van der Waals surface area contributed by atoms with Crippen LogP contribution in [0.25, 0.3) is 0 Å². The third-order valence-corrected chi connectivity index (χ3v) is 5.08. The number of ether oxygens (including phenoxy) is 1. The molecule has 0 aliphatic carbocycles. The minimum Gasteiger partial charge on any atom is -0.381 e. The van der Waals surface area contributed by atoms with Gasteiger partial charge in [-0.05, 0) is 31.2 Å². The van der Waals surface area contributed by atoms with Gasteiger partial charge in [-0.1, -0.05) is 6.07 Å². The lowest BCUT2D eigenvalue weighted by atomic mass is 9.99. The molecule has 0 saturated carbocycles. The highest BCUT2D eigenvalue weighted by molar-refractivity contribution is 7.12. The van der Waals surface area contributed by atoms with E-state index >= 15 is 0 Å². The number of anilines is 1. The molecule has 2 aromatic heterocycles. The van der Waals surface area contributed by atoms with Crippen molar-refractivity contribution < 1.29 is 14.3 Å². The Labute approximate surface area is 150 Å². The van der Waals surface area contributed by atoms with Crippen LogP contribution in [-0.4, -0.2) is 40.9 Å². The Morgan fingerprint density at radius 3 is 3.00 bits per heavy atom. The molecule has 1 fully saturated rings. The number of thiophene rings is 1. The molecular formula is C17H22N4O3S. The fourth-order valence-corrected chi connectivity index (χ4v) is 3.38. The second kappa shape index (κ2) is 7.79. The largest absolute Gasteiger partial charge is 0.381 e. The van der Waals surface area contributed by atoms with Crippen LogP contribution in [0.4, 0.5) is 5.82 Å². The Kier molecular flexibility index (Phi) is 5.50. The monoisotopic (exact) mass is 362 g/mol. The highest BCUT2D eigenvalue weighted by Crippen LogP contribution is 2.26. The molecule has 2 amide bonds. The average Bonchev–Trinajstić information content (AvgIpc) is 3.26. The fourth-order valence-electron chi connectivity index (χ4n) is 2.76. The summed E-state index contributed by atoms with van der Waals surface area (Å²) in [6, 6.07) is 4.76. The molecule has 0 spiro atoms. The van der Waals surface area contributed by atoms with Crippen molar-refractivity contribution in [2.45, 2.75) is 31.7 Å². The molecule has 25 heavy (non-hydrogen) atoms. The van der Waals surface area contributed by atoms with Gasteiger partial charge in [0, 0.05) is 25.6 Å². The first-order valence-electron chi connectivity index (χ1n) is 8.31. The zero-order chi connectivity index (χ0) is 17.8. The molecule has 0 radical (unpaired) electrons. The lowest BCUT2D eigenvalue weighted by Gasteiger charge is -2.19. The minimum atomic E-state index is -0.647. The summed E-state index contributed by atoms with van der Waals surface area (Å²) in [7, 11) is 1.79. The quantitative estimate of drug-likeness (QED) is 0.853. The van der Waals surface area contributed by atoms with Gasteiger partial charge in [0.15, 0.2) is 0 Å². The molecule has 1 aliphatic heterocycles. The molecule has 1 aliphatic rings. The predicted molar refractivity (Wildman–Crippen MR) is 95.9 cm³/mol. The van der Waals surface area contributed by atoms with Gasteiger partial charge < -0.3 is 15.4 Å². The lowest BCUT2D eigenvalue weighted by molar-refractivity contribution is -0.117. The third-order valence-electron chi connectivity index (χ3n) is 4.21. The minimum absolute atomic E-state index is 0.248. The molecular weight excluding hydrogens is 340 g/mol. The van der Waals surface area contributed by atoms with E-state index in [1.165, 1.54) is 11.3 Å². The van der Waals surface area contributed by atoms with Crippen molar-refractivity contribution in [1.29, 1.82) is 0 Å². The first-order valence-corrected chi connectivity index (χ1v) is 9.19. The van der Waals surface area contributed by atoms with Crippen molar-refractivity contribution in [2.24, 2.45) is 7.05 Å². The molecule has 8 heteroatoms. The van der Waals surface area contributed by atoms with E-state index in [2.05, 4.69) is 15.7 Å².